The van der Waals surface area contributed by atoms with Gasteiger partial charge in [-0.2, -0.15) is 5.10 Å². The minimum absolute atomic E-state index is 0.00362. The van der Waals surface area contributed by atoms with E-state index in [0.29, 0.717) is 55.0 Å². The van der Waals surface area contributed by atoms with Crippen molar-refractivity contribution >= 4 is 5.91 Å². The lowest BCUT2D eigenvalue weighted by molar-refractivity contribution is -0.0295. The van der Waals surface area contributed by atoms with Crippen LogP contribution in [0, 0.1) is 5.92 Å². The highest BCUT2D eigenvalue weighted by atomic mass is 16.6. The summed E-state index contributed by atoms with van der Waals surface area (Å²) in [5, 5.41) is 10.00. The number of benzene rings is 1. The van der Waals surface area contributed by atoms with Crippen molar-refractivity contribution in [2.24, 2.45) is 5.92 Å². The fraction of sp³-hybridized carbons (Fsp3) is 0.524. The first-order valence-electron chi connectivity index (χ1n) is 10.2. The number of aromatic nitrogens is 2. The number of carbonyl (C=O) groups is 1. The molecule has 29 heavy (non-hydrogen) atoms. The Morgan fingerprint density at radius 2 is 2.10 bits per heavy atom. The highest BCUT2D eigenvalue weighted by Crippen LogP contribution is 2.34. The lowest BCUT2D eigenvalue weighted by Gasteiger charge is -2.33. The van der Waals surface area contributed by atoms with Crippen LogP contribution in [0.25, 0.3) is 11.3 Å². The molecular weight excluding hydrogens is 372 g/mol. The van der Waals surface area contributed by atoms with Gasteiger partial charge in [0.15, 0.2) is 11.5 Å². The molecule has 2 N–H and O–H groups in total. The van der Waals surface area contributed by atoms with Crippen molar-refractivity contribution in [3.63, 3.8) is 0 Å². The lowest BCUT2D eigenvalue weighted by atomic mass is 10.1. The van der Waals surface area contributed by atoms with E-state index in [1.807, 2.05) is 18.2 Å². The van der Waals surface area contributed by atoms with Crippen LogP contribution < -0.4 is 14.8 Å². The second-order valence-corrected chi connectivity index (χ2v) is 7.87. The van der Waals surface area contributed by atoms with Gasteiger partial charge in [0.05, 0.1) is 30.2 Å². The number of aromatic amines is 1. The summed E-state index contributed by atoms with van der Waals surface area (Å²) in [4.78, 5) is 15.2. The van der Waals surface area contributed by atoms with Crippen LogP contribution >= 0.6 is 0 Å². The summed E-state index contributed by atoms with van der Waals surface area (Å²) in [5.41, 5.74) is 1.98. The summed E-state index contributed by atoms with van der Waals surface area (Å²) in [6.07, 6.45) is 1.55. The van der Waals surface area contributed by atoms with E-state index in [1.54, 1.807) is 6.20 Å². The molecule has 156 valence electrons. The van der Waals surface area contributed by atoms with E-state index < -0.39 is 0 Å². The molecule has 1 aromatic carbocycles. The maximum atomic E-state index is 12.8. The number of carbonyl (C=O) groups excluding carboxylic acids is 1. The molecule has 1 atom stereocenters. The van der Waals surface area contributed by atoms with Crippen molar-refractivity contribution in [2.45, 2.75) is 20.0 Å². The summed E-state index contributed by atoms with van der Waals surface area (Å²) < 4.78 is 17.0. The summed E-state index contributed by atoms with van der Waals surface area (Å²) in [6.45, 7) is 9.47. The first-order chi connectivity index (χ1) is 14.1. The van der Waals surface area contributed by atoms with E-state index in [0.717, 1.165) is 25.2 Å². The average Bonchev–Trinajstić information content (AvgIpc) is 3.21. The molecule has 1 unspecified atom stereocenters. The van der Waals surface area contributed by atoms with Gasteiger partial charge in [0, 0.05) is 31.7 Å². The summed E-state index contributed by atoms with van der Waals surface area (Å²) in [7, 11) is 0. The molecule has 2 aliphatic heterocycles. The number of morpholine rings is 1. The first-order valence-corrected chi connectivity index (χ1v) is 10.2. The number of amides is 1. The number of nitrogens with zero attached hydrogens (tertiary/aromatic N) is 2. The van der Waals surface area contributed by atoms with Crippen molar-refractivity contribution in [3.05, 3.63) is 30.0 Å². The van der Waals surface area contributed by atoms with Gasteiger partial charge in [0.1, 0.15) is 13.2 Å². The molecule has 2 aliphatic rings. The fourth-order valence-electron chi connectivity index (χ4n) is 3.77. The number of ether oxygens (including phenoxy) is 3. The van der Waals surface area contributed by atoms with Crippen LogP contribution in [0.2, 0.25) is 0 Å². The third-order valence-electron chi connectivity index (χ3n) is 5.05. The third-order valence-corrected chi connectivity index (χ3v) is 5.05. The van der Waals surface area contributed by atoms with Crippen LogP contribution in [0.1, 0.15) is 24.2 Å². The highest BCUT2D eigenvalue weighted by molar-refractivity contribution is 5.99. The molecule has 0 bridgehead atoms. The second-order valence-electron chi connectivity index (χ2n) is 7.87. The van der Waals surface area contributed by atoms with E-state index >= 15 is 0 Å². The predicted molar refractivity (Wildman–Crippen MR) is 108 cm³/mol. The third kappa shape index (κ3) is 4.71. The van der Waals surface area contributed by atoms with Gasteiger partial charge in [0.2, 0.25) is 0 Å². The van der Waals surface area contributed by atoms with Crippen molar-refractivity contribution < 1.29 is 19.0 Å². The standard InChI is InChI=1S/C21H28N4O4/c1-14(2)12-25-5-6-27-16(13-25)10-22-21(26)17-11-23-24-20(17)15-3-4-18-19(9-15)29-8-7-28-18/h3-4,9,11,14,16H,5-8,10,12-13H2,1-2H3,(H,22,26)(H,23,24). The number of rotatable bonds is 6. The molecule has 1 saturated heterocycles. The molecule has 1 aromatic heterocycles. The normalized spacial score (nSPS) is 19.3. The predicted octanol–water partition coefficient (Wildman–Crippen LogP) is 1.93. The zero-order valence-electron chi connectivity index (χ0n) is 16.9. The van der Waals surface area contributed by atoms with Crippen LogP contribution in [0.4, 0.5) is 0 Å². The van der Waals surface area contributed by atoms with Crippen molar-refractivity contribution in [1.82, 2.24) is 20.4 Å². The zero-order valence-corrected chi connectivity index (χ0v) is 16.9. The van der Waals surface area contributed by atoms with Crippen LogP contribution in [0.3, 0.4) is 0 Å². The van der Waals surface area contributed by atoms with Crippen LogP contribution in [0.15, 0.2) is 24.4 Å². The Balaban J connectivity index is 1.40. The van der Waals surface area contributed by atoms with E-state index in [1.165, 1.54) is 0 Å². The molecule has 0 spiro atoms. The fourth-order valence-corrected chi connectivity index (χ4v) is 3.77. The molecule has 8 nitrogen and oxygen atoms in total. The Labute approximate surface area is 170 Å². The van der Waals surface area contributed by atoms with Gasteiger partial charge < -0.3 is 19.5 Å². The van der Waals surface area contributed by atoms with E-state index in [-0.39, 0.29) is 12.0 Å². The Bertz CT molecular complexity index is 851. The smallest absolute Gasteiger partial charge is 0.255 e. The van der Waals surface area contributed by atoms with E-state index in [9.17, 15) is 4.79 Å². The number of hydrogen-bond acceptors (Lipinski definition) is 6. The minimum atomic E-state index is -0.173. The van der Waals surface area contributed by atoms with Gasteiger partial charge >= 0.3 is 0 Å². The summed E-state index contributed by atoms with van der Waals surface area (Å²) >= 11 is 0. The number of nitrogens with one attached hydrogen (secondary N) is 2. The molecule has 0 aliphatic carbocycles. The Kier molecular flexibility index (Phi) is 6.01. The number of hydrogen-bond donors (Lipinski definition) is 2. The molecule has 0 saturated carbocycles. The summed E-state index contributed by atoms with van der Waals surface area (Å²) in [6, 6.07) is 5.62. The van der Waals surface area contributed by atoms with Crippen molar-refractivity contribution in [1.29, 1.82) is 0 Å². The molecule has 2 aromatic rings. The molecule has 0 radical (unpaired) electrons. The van der Waals surface area contributed by atoms with Crippen LogP contribution in [-0.2, 0) is 4.74 Å². The van der Waals surface area contributed by atoms with Crippen molar-refractivity contribution in [3.8, 4) is 22.8 Å². The SMILES string of the molecule is CC(C)CN1CCOC(CNC(=O)c2cn[nH]c2-c2ccc3c(c2)OCCO3)C1. The first kappa shape index (κ1) is 19.7. The monoisotopic (exact) mass is 400 g/mol. The van der Waals surface area contributed by atoms with E-state index in [4.69, 9.17) is 14.2 Å². The molecule has 8 heteroatoms. The number of H-pyrrole nitrogens is 1. The maximum Gasteiger partial charge on any atom is 0.255 e. The maximum absolute atomic E-state index is 12.8. The average molecular weight is 400 g/mol. The molecule has 1 fully saturated rings. The van der Waals surface area contributed by atoms with Gasteiger partial charge in [0.25, 0.3) is 5.91 Å². The molecule has 4 rings (SSSR count). The van der Waals surface area contributed by atoms with Gasteiger partial charge in [-0.15, -0.1) is 0 Å². The van der Waals surface area contributed by atoms with Crippen LogP contribution in [0.5, 0.6) is 11.5 Å². The molecule has 3 heterocycles. The molecule has 1 amide bonds. The highest BCUT2D eigenvalue weighted by Gasteiger charge is 2.23. The quantitative estimate of drug-likeness (QED) is 0.770. The Hall–Kier alpha value is -2.58. The van der Waals surface area contributed by atoms with E-state index in [2.05, 4.69) is 34.3 Å². The molecular formula is C21H28N4O4. The Morgan fingerprint density at radius 1 is 1.28 bits per heavy atom. The zero-order chi connectivity index (χ0) is 20.2. The van der Waals surface area contributed by atoms with Gasteiger partial charge in [-0.1, -0.05) is 13.8 Å². The van der Waals surface area contributed by atoms with Crippen molar-refractivity contribution in [2.75, 3.05) is 46.0 Å². The van der Waals surface area contributed by atoms with Gasteiger partial charge in [-0.05, 0) is 24.1 Å². The second kappa shape index (κ2) is 8.84. The van der Waals surface area contributed by atoms with Crippen LogP contribution in [-0.4, -0.2) is 73.1 Å². The number of fused-ring (bicyclic) bond motifs is 1. The topological polar surface area (TPSA) is 88.7 Å². The summed E-state index contributed by atoms with van der Waals surface area (Å²) in [5.74, 6) is 1.83. The largest absolute Gasteiger partial charge is 0.486 e. The Morgan fingerprint density at radius 3 is 2.93 bits per heavy atom. The lowest BCUT2D eigenvalue weighted by Crippen LogP contribution is -2.48. The minimum Gasteiger partial charge on any atom is -0.486 e. The van der Waals surface area contributed by atoms with Gasteiger partial charge in [-0.3, -0.25) is 14.8 Å². The van der Waals surface area contributed by atoms with Gasteiger partial charge in [-0.25, -0.2) is 0 Å².